The van der Waals surface area contributed by atoms with Gasteiger partial charge in [-0.1, -0.05) is 0 Å². The van der Waals surface area contributed by atoms with Gasteiger partial charge in [0, 0.05) is 12.3 Å². The summed E-state index contributed by atoms with van der Waals surface area (Å²) in [6, 6.07) is 3.32. The summed E-state index contributed by atoms with van der Waals surface area (Å²) in [7, 11) is 0. The van der Waals surface area contributed by atoms with E-state index in [0.29, 0.717) is 0 Å². The van der Waals surface area contributed by atoms with Crippen LogP contribution in [-0.2, 0) is 0 Å². The van der Waals surface area contributed by atoms with Gasteiger partial charge in [0.1, 0.15) is 11.6 Å². The second-order valence-electron chi connectivity index (χ2n) is 2.49. The summed E-state index contributed by atoms with van der Waals surface area (Å²) in [5, 5.41) is 9.10. The van der Waals surface area contributed by atoms with Crippen molar-refractivity contribution in [2.24, 2.45) is 0 Å². The maximum absolute atomic E-state index is 9.10. The molecule has 11 heavy (non-hydrogen) atoms. The van der Waals surface area contributed by atoms with Gasteiger partial charge in [0.05, 0.1) is 11.7 Å². The van der Waals surface area contributed by atoms with Gasteiger partial charge >= 0.3 is 0 Å². The molecule has 0 spiro atoms. The molecule has 2 aromatic rings. The smallest absolute Gasteiger partial charge is 0.119 e. The molecule has 0 fully saturated rings. The van der Waals surface area contributed by atoms with Gasteiger partial charge in [-0.2, -0.15) is 0 Å². The summed E-state index contributed by atoms with van der Waals surface area (Å²) >= 11 is 0. The minimum absolute atomic E-state index is 0.275. The van der Waals surface area contributed by atoms with Crippen LogP contribution in [0.15, 0.2) is 24.5 Å². The quantitative estimate of drug-likeness (QED) is 0.612. The molecule has 0 aromatic carbocycles. The largest absolute Gasteiger partial charge is 0.508 e. The Morgan fingerprint density at radius 1 is 1.55 bits per heavy atom. The molecule has 2 rings (SSSR count). The van der Waals surface area contributed by atoms with Gasteiger partial charge in [0.2, 0.25) is 0 Å². The molecule has 0 amide bonds. The number of fused-ring (bicyclic) bond motifs is 1. The zero-order valence-electron chi connectivity index (χ0n) is 6.15. The molecule has 56 valence electrons. The Balaban J connectivity index is 2.86. The number of hydrogen-bond acceptors (Lipinski definition) is 2. The van der Waals surface area contributed by atoms with Crippen LogP contribution in [-0.4, -0.2) is 14.5 Å². The Labute approximate surface area is 63.9 Å². The number of aromatic nitrogens is 2. The number of aryl methyl sites for hydroxylation is 1. The summed E-state index contributed by atoms with van der Waals surface area (Å²) in [4.78, 5) is 4.09. The van der Waals surface area contributed by atoms with Crippen LogP contribution in [0, 0.1) is 6.92 Å². The van der Waals surface area contributed by atoms with Gasteiger partial charge in [-0.3, -0.25) is 0 Å². The molecule has 0 atom stereocenters. The van der Waals surface area contributed by atoms with Crippen LogP contribution in [0.4, 0.5) is 0 Å². The highest BCUT2D eigenvalue weighted by atomic mass is 16.3. The van der Waals surface area contributed by atoms with Gasteiger partial charge in [-0.25, -0.2) is 4.98 Å². The van der Waals surface area contributed by atoms with Crippen LogP contribution < -0.4 is 0 Å². The number of hydrogen-bond donors (Lipinski definition) is 1. The lowest BCUT2D eigenvalue weighted by molar-refractivity contribution is 0.475. The molecular formula is C8H8N2O. The number of aromatic hydroxyl groups is 1. The van der Waals surface area contributed by atoms with Crippen LogP contribution in [0.25, 0.3) is 5.52 Å². The Hall–Kier alpha value is -1.51. The van der Waals surface area contributed by atoms with E-state index in [1.54, 1.807) is 24.5 Å². The van der Waals surface area contributed by atoms with E-state index in [1.165, 1.54) is 0 Å². The zero-order chi connectivity index (χ0) is 7.84. The van der Waals surface area contributed by atoms with Crippen molar-refractivity contribution < 1.29 is 5.11 Å². The van der Waals surface area contributed by atoms with E-state index in [0.717, 1.165) is 11.3 Å². The second-order valence-corrected chi connectivity index (χ2v) is 2.49. The molecule has 3 heteroatoms. The van der Waals surface area contributed by atoms with Gasteiger partial charge in [0.25, 0.3) is 0 Å². The third-order valence-electron chi connectivity index (χ3n) is 1.70. The van der Waals surface area contributed by atoms with Crippen molar-refractivity contribution in [2.75, 3.05) is 0 Å². The van der Waals surface area contributed by atoms with E-state index in [1.807, 2.05) is 11.3 Å². The predicted octanol–water partition coefficient (Wildman–Crippen LogP) is 1.35. The summed E-state index contributed by atoms with van der Waals surface area (Å²) in [6.45, 7) is 1.92. The fraction of sp³-hybridized carbons (Fsp3) is 0.125. The Morgan fingerprint density at radius 3 is 3.18 bits per heavy atom. The number of pyridine rings is 1. The molecule has 0 saturated heterocycles. The van der Waals surface area contributed by atoms with Crippen LogP contribution >= 0.6 is 0 Å². The maximum Gasteiger partial charge on any atom is 0.119 e. The predicted molar refractivity (Wildman–Crippen MR) is 41.6 cm³/mol. The van der Waals surface area contributed by atoms with Crippen molar-refractivity contribution >= 4 is 5.52 Å². The lowest BCUT2D eigenvalue weighted by atomic mass is 10.4. The first-order valence-corrected chi connectivity index (χ1v) is 3.40. The SMILES string of the molecule is Cc1ncc2cc(O)ccn12. The fourth-order valence-electron chi connectivity index (χ4n) is 1.12. The van der Waals surface area contributed by atoms with Crippen LogP contribution in [0.3, 0.4) is 0 Å². The summed E-state index contributed by atoms with van der Waals surface area (Å²) in [5.74, 6) is 1.21. The molecule has 2 aromatic heterocycles. The summed E-state index contributed by atoms with van der Waals surface area (Å²) < 4.78 is 1.92. The summed E-state index contributed by atoms with van der Waals surface area (Å²) in [6.07, 6.45) is 3.53. The standard InChI is InChI=1S/C8H8N2O/c1-6-9-5-7-4-8(11)2-3-10(6)7/h2-5,11H,1H3. The molecule has 0 aliphatic carbocycles. The summed E-state index contributed by atoms with van der Waals surface area (Å²) in [5.41, 5.74) is 0.919. The lowest BCUT2D eigenvalue weighted by Gasteiger charge is -1.95. The lowest BCUT2D eigenvalue weighted by Crippen LogP contribution is -1.85. The zero-order valence-corrected chi connectivity index (χ0v) is 6.15. The molecule has 1 N–H and O–H groups in total. The van der Waals surface area contributed by atoms with E-state index in [4.69, 9.17) is 5.11 Å². The molecule has 0 radical (unpaired) electrons. The topological polar surface area (TPSA) is 37.5 Å². The van der Waals surface area contributed by atoms with Gasteiger partial charge in [-0.15, -0.1) is 0 Å². The minimum Gasteiger partial charge on any atom is -0.508 e. The Kier molecular flexibility index (Phi) is 1.12. The first-order valence-electron chi connectivity index (χ1n) is 3.40. The minimum atomic E-state index is 0.275. The first kappa shape index (κ1) is 6.22. The third kappa shape index (κ3) is 0.852. The Morgan fingerprint density at radius 2 is 2.36 bits per heavy atom. The highest BCUT2D eigenvalue weighted by Crippen LogP contribution is 2.13. The monoisotopic (exact) mass is 148 g/mol. The van der Waals surface area contributed by atoms with Crippen LogP contribution in [0.5, 0.6) is 5.75 Å². The van der Waals surface area contributed by atoms with Crippen molar-refractivity contribution in [1.29, 1.82) is 0 Å². The highest BCUT2D eigenvalue weighted by Gasteiger charge is 1.97. The Bertz CT molecular complexity index is 392. The molecule has 0 aliphatic rings. The highest BCUT2D eigenvalue weighted by molar-refractivity contribution is 5.49. The number of nitrogens with zero attached hydrogens (tertiary/aromatic N) is 2. The molecule has 0 aliphatic heterocycles. The average molecular weight is 148 g/mol. The van der Waals surface area contributed by atoms with Gasteiger partial charge in [-0.05, 0) is 13.0 Å². The first-order chi connectivity index (χ1) is 5.27. The van der Waals surface area contributed by atoms with E-state index >= 15 is 0 Å². The number of rotatable bonds is 0. The van der Waals surface area contributed by atoms with Crippen LogP contribution in [0.1, 0.15) is 5.82 Å². The molecule has 3 nitrogen and oxygen atoms in total. The molecular weight excluding hydrogens is 140 g/mol. The molecule has 0 saturated carbocycles. The average Bonchev–Trinajstić information content (AvgIpc) is 2.32. The molecule has 2 heterocycles. The third-order valence-corrected chi connectivity index (χ3v) is 1.70. The van der Waals surface area contributed by atoms with Gasteiger partial charge in [0.15, 0.2) is 0 Å². The van der Waals surface area contributed by atoms with E-state index in [2.05, 4.69) is 4.98 Å². The second kappa shape index (κ2) is 1.99. The van der Waals surface area contributed by atoms with Crippen molar-refractivity contribution in [3.63, 3.8) is 0 Å². The van der Waals surface area contributed by atoms with Crippen molar-refractivity contribution in [3.8, 4) is 5.75 Å². The molecule has 0 bridgehead atoms. The van der Waals surface area contributed by atoms with E-state index in [9.17, 15) is 0 Å². The van der Waals surface area contributed by atoms with E-state index in [-0.39, 0.29) is 5.75 Å². The van der Waals surface area contributed by atoms with E-state index < -0.39 is 0 Å². The fourth-order valence-corrected chi connectivity index (χ4v) is 1.12. The molecule has 0 unspecified atom stereocenters. The maximum atomic E-state index is 9.10. The van der Waals surface area contributed by atoms with Crippen molar-refractivity contribution in [2.45, 2.75) is 6.92 Å². The van der Waals surface area contributed by atoms with Crippen molar-refractivity contribution in [1.82, 2.24) is 9.38 Å². The van der Waals surface area contributed by atoms with Gasteiger partial charge < -0.3 is 9.51 Å². The van der Waals surface area contributed by atoms with Crippen molar-refractivity contribution in [3.05, 3.63) is 30.4 Å². The normalized spacial score (nSPS) is 10.6. The number of imidazole rings is 1. The van der Waals surface area contributed by atoms with Crippen LogP contribution in [0.2, 0.25) is 0 Å².